The van der Waals surface area contributed by atoms with Gasteiger partial charge in [0, 0.05) is 37.3 Å². The standard InChI is InChI=1S/C17H26F2N2/c1-5-12-9-20-16(17(2,3)4)11-21(12)10-13-14(18)7-6-8-15(13)19/h6-8,12,16,20H,5,9-11H2,1-4H3. The van der Waals surface area contributed by atoms with E-state index >= 15 is 0 Å². The third-order valence-corrected chi connectivity index (χ3v) is 4.47. The Hall–Kier alpha value is -1.00. The molecule has 118 valence electrons. The number of rotatable bonds is 3. The summed E-state index contributed by atoms with van der Waals surface area (Å²) in [5.41, 5.74) is 0.315. The van der Waals surface area contributed by atoms with Gasteiger partial charge in [0.15, 0.2) is 0 Å². The van der Waals surface area contributed by atoms with Gasteiger partial charge in [-0.15, -0.1) is 0 Å². The molecule has 0 radical (unpaired) electrons. The third-order valence-electron chi connectivity index (χ3n) is 4.47. The molecule has 1 fully saturated rings. The van der Waals surface area contributed by atoms with Crippen molar-refractivity contribution in [3.63, 3.8) is 0 Å². The van der Waals surface area contributed by atoms with E-state index in [0.717, 1.165) is 19.5 Å². The van der Waals surface area contributed by atoms with Crippen LogP contribution in [-0.4, -0.2) is 30.1 Å². The Kier molecular flexibility index (Phi) is 4.99. The fourth-order valence-electron chi connectivity index (χ4n) is 2.92. The molecule has 4 heteroatoms. The molecule has 2 unspecified atom stereocenters. The quantitative estimate of drug-likeness (QED) is 0.917. The summed E-state index contributed by atoms with van der Waals surface area (Å²) in [7, 11) is 0. The van der Waals surface area contributed by atoms with Crippen LogP contribution in [0.2, 0.25) is 0 Å². The van der Waals surface area contributed by atoms with Crippen LogP contribution in [-0.2, 0) is 6.54 Å². The summed E-state index contributed by atoms with van der Waals surface area (Å²) in [6, 6.07) is 4.74. The van der Waals surface area contributed by atoms with Crippen molar-refractivity contribution in [3.05, 3.63) is 35.4 Å². The Bertz CT molecular complexity index is 462. The molecule has 1 aliphatic heterocycles. The average Bonchev–Trinajstić information content (AvgIpc) is 2.42. The van der Waals surface area contributed by atoms with Crippen molar-refractivity contribution in [2.45, 2.75) is 52.7 Å². The van der Waals surface area contributed by atoms with Crippen LogP contribution in [0.25, 0.3) is 0 Å². The van der Waals surface area contributed by atoms with Crippen LogP contribution < -0.4 is 5.32 Å². The van der Waals surface area contributed by atoms with Gasteiger partial charge in [-0.2, -0.15) is 0 Å². The molecule has 1 heterocycles. The SMILES string of the molecule is CCC1CNC(C(C)(C)C)CN1Cc1c(F)cccc1F. The van der Waals surface area contributed by atoms with Crippen molar-refractivity contribution in [2.24, 2.45) is 5.41 Å². The lowest BCUT2D eigenvalue weighted by molar-refractivity contribution is 0.0757. The molecular formula is C17H26F2N2. The first-order valence-corrected chi connectivity index (χ1v) is 7.73. The number of nitrogens with zero attached hydrogens (tertiary/aromatic N) is 1. The Morgan fingerprint density at radius 3 is 2.38 bits per heavy atom. The molecule has 2 nitrogen and oxygen atoms in total. The van der Waals surface area contributed by atoms with E-state index in [4.69, 9.17) is 0 Å². The maximum atomic E-state index is 13.9. The zero-order chi connectivity index (χ0) is 15.6. The van der Waals surface area contributed by atoms with E-state index < -0.39 is 11.6 Å². The van der Waals surface area contributed by atoms with Crippen LogP contribution in [0.4, 0.5) is 8.78 Å². The lowest BCUT2D eigenvalue weighted by Gasteiger charge is -2.45. The zero-order valence-corrected chi connectivity index (χ0v) is 13.4. The van der Waals surface area contributed by atoms with Crippen molar-refractivity contribution in [3.8, 4) is 0 Å². The minimum Gasteiger partial charge on any atom is -0.311 e. The summed E-state index contributed by atoms with van der Waals surface area (Å²) in [6.07, 6.45) is 0.972. The highest BCUT2D eigenvalue weighted by atomic mass is 19.1. The van der Waals surface area contributed by atoms with Gasteiger partial charge in [-0.1, -0.05) is 33.8 Å². The van der Waals surface area contributed by atoms with Crippen LogP contribution >= 0.6 is 0 Å². The second-order valence-corrected chi connectivity index (χ2v) is 7.02. The lowest BCUT2D eigenvalue weighted by Crippen LogP contribution is -2.59. The van der Waals surface area contributed by atoms with Crippen molar-refractivity contribution in [1.82, 2.24) is 10.2 Å². The molecule has 0 bridgehead atoms. The summed E-state index contributed by atoms with van der Waals surface area (Å²) >= 11 is 0. The van der Waals surface area contributed by atoms with Crippen molar-refractivity contribution in [2.75, 3.05) is 13.1 Å². The van der Waals surface area contributed by atoms with Gasteiger partial charge >= 0.3 is 0 Å². The first-order valence-electron chi connectivity index (χ1n) is 7.73. The summed E-state index contributed by atoms with van der Waals surface area (Å²) in [6.45, 7) is 10.7. The van der Waals surface area contributed by atoms with E-state index in [0.29, 0.717) is 18.6 Å². The zero-order valence-electron chi connectivity index (χ0n) is 13.4. The summed E-state index contributed by atoms with van der Waals surface area (Å²) < 4.78 is 27.8. The number of nitrogens with one attached hydrogen (secondary N) is 1. The number of hydrogen-bond donors (Lipinski definition) is 1. The van der Waals surface area contributed by atoms with Gasteiger partial charge in [0.25, 0.3) is 0 Å². The van der Waals surface area contributed by atoms with Gasteiger partial charge < -0.3 is 5.32 Å². The molecule has 0 spiro atoms. The Morgan fingerprint density at radius 1 is 1.24 bits per heavy atom. The maximum Gasteiger partial charge on any atom is 0.130 e. The predicted octanol–water partition coefficient (Wildman–Crippen LogP) is 3.56. The van der Waals surface area contributed by atoms with Crippen molar-refractivity contribution in [1.29, 1.82) is 0 Å². The van der Waals surface area contributed by atoms with E-state index in [1.54, 1.807) is 0 Å². The molecule has 1 N–H and O–H groups in total. The van der Waals surface area contributed by atoms with Gasteiger partial charge in [0.2, 0.25) is 0 Å². The van der Waals surface area contributed by atoms with Crippen molar-refractivity contribution < 1.29 is 8.78 Å². The Labute approximate surface area is 126 Å². The first kappa shape index (κ1) is 16.4. The van der Waals surface area contributed by atoms with E-state index in [1.165, 1.54) is 18.2 Å². The average molecular weight is 296 g/mol. The topological polar surface area (TPSA) is 15.3 Å². The van der Waals surface area contributed by atoms with Crippen LogP contribution in [0.15, 0.2) is 18.2 Å². The second kappa shape index (κ2) is 6.41. The van der Waals surface area contributed by atoms with Gasteiger partial charge in [0.1, 0.15) is 11.6 Å². The highest BCUT2D eigenvalue weighted by molar-refractivity contribution is 5.20. The molecule has 2 rings (SSSR count). The van der Waals surface area contributed by atoms with Gasteiger partial charge in [-0.05, 0) is 24.0 Å². The monoisotopic (exact) mass is 296 g/mol. The van der Waals surface area contributed by atoms with Gasteiger partial charge in [-0.3, -0.25) is 4.90 Å². The maximum absolute atomic E-state index is 13.9. The minimum atomic E-state index is -0.448. The minimum absolute atomic E-state index is 0.130. The van der Waals surface area contributed by atoms with Crippen molar-refractivity contribution >= 4 is 0 Å². The third kappa shape index (κ3) is 3.80. The molecule has 1 aliphatic rings. The summed E-state index contributed by atoms with van der Waals surface area (Å²) in [5, 5.41) is 3.58. The molecule has 1 saturated heterocycles. The normalized spacial score (nSPS) is 24.3. The highest BCUT2D eigenvalue weighted by Gasteiger charge is 2.33. The summed E-state index contributed by atoms with van der Waals surface area (Å²) in [5.74, 6) is -0.897. The molecule has 0 amide bonds. The van der Waals surface area contributed by atoms with Crippen LogP contribution in [0.1, 0.15) is 39.7 Å². The number of hydrogen-bond acceptors (Lipinski definition) is 2. The largest absolute Gasteiger partial charge is 0.311 e. The molecule has 0 aromatic heterocycles. The molecule has 1 aromatic carbocycles. The van der Waals surface area contributed by atoms with Crippen LogP contribution in [0.3, 0.4) is 0 Å². The Morgan fingerprint density at radius 2 is 1.86 bits per heavy atom. The predicted molar refractivity (Wildman–Crippen MR) is 82.1 cm³/mol. The number of halogens is 2. The molecule has 1 aromatic rings. The molecule has 2 atom stereocenters. The second-order valence-electron chi connectivity index (χ2n) is 7.02. The van der Waals surface area contributed by atoms with E-state index in [9.17, 15) is 8.78 Å². The molecule has 21 heavy (non-hydrogen) atoms. The molecule has 0 aliphatic carbocycles. The smallest absolute Gasteiger partial charge is 0.130 e. The van der Waals surface area contributed by atoms with Crippen LogP contribution in [0.5, 0.6) is 0 Å². The fraction of sp³-hybridized carbons (Fsp3) is 0.647. The van der Waals surface area contributed by atoms with E-state index in [2.05, 4.69) is 37.9 Å². The van der Waals surface area contributed by atoms with E-state index in [-0.39, 0.29) is 11.0 Å². The van der Waals surface area contributed by atoms with E-state index in [1.807, 2.05) is 0 Å². The Balaban J connectivity index is 2.18. The van der Waals surface area contributed by atoms with Gasteiger partial charge in [-0.25, -0.2) is 8.78 Å². The first-order chi connectivity index (χ1) is 9.82. The molecule has 0 saturated carbocycles. The van der Waals surface area contributed by atoms with Crippen LogP contribution in [0, 0.1) is 17.0 Å². The molecular weight excluding hydrogens is 270 g/mol. The lowest BCUT2D eigenvalue weighted by atomic mass is 9.84. The number of piperazine rings is 1. The van der Waals surface area contributed by atoms with Gasteiger partial charge in [0.05, 0.1) is 0 Å². The summed E-state index contributed by atoms with van der Waals surface area (Å²) in [4.78, 5) is 2.22. The highest BCUT2D eigenvalue weighted by Crippen LogP contribution is 2.26. The number of benzene rings is 1. The fourth-order valence-corrected chi connectivity index (χ4v) is 2.92.